The second-order valence-corrected chi connectivity index (χ2v) is 17.3. The van der Waals surface area contributed by atoms with Crippen LogP contribution < -0.4 is 16.2 Å². The van der Waals surface area contributed by atoms with Crippen LogP contribution in [0.1, 0.15) is 84.4 Å². The van der Waals surface area contributed by atoms with Gasteiger partial charge in [-0.3, -0.25) is 0 Å². The fourth-order valence-electron chi connectivity index (χ4n) is 8.67. The smallest absolute Gasteiger partial charge is 0.198 e. The molecule has 6 aromatic carbocycles. The van der Waals surface area contributed by atoms with E-state index in [2.05, 4.69) is 168 Å². The molecule has 0 unspecified atom stereocenters. The number of para-hydroxylation sites is 2. The minimum absolute atomic E-state index is 0.0333. The molecule has 4 heteroatoms. The zero-order valence-corrected chi connectivity index (χ0v) is 32.3. The normalized spacial score (nSPS) is 12.9. The van der Waals surface area contributed by atoms with Crippen molar-refractivity contribution in [3.63, 3.8) is 0 Å². The van der Waals surface area contributed by atoms with Crippen LogP contribution in [-0.4, -0.2) is 11.8 Å². The van der Waals surface area contributed by atoms with Crippen molar-refractivity contribution in [2.24, 2.45) is 0 Å². The van der Waals surface area contributed by atoms with Crippen LogP contribution in [0.5, 0.6) is 0 Å². The van der Waals surface area contributed by atoms with E-state index < -0.39 is 0 Å². The van der Waals surface area contributed by atoms with Gasteiger partial charge < -0.3 is 14.3 Å². The summed E-state index contributed by atoms with van der Waals surface area (Å²) in [5, 5.41) is 8.89. The maximum absolute atomic E-state index is 6.48. The van der Waals surface area contributed by atoms with Gasteiger partial charge in [-0.25, -0.2) is 0 Å². The number of rotatable bonds is 7. The summed E-state index contributed by atoms with van der Waals surface area (Å²) in [4.78, 5) is 0. The molecule has 8 aromatic rings. The second kappa shape index (κ2) is 12.4. The quantitative estimate of drug-likeness (QED) is 0.133. The molecule has 0 bridgehead atoms. The van der Waals surface area contributed by atoms with E-state index in [4.69, 9.17) is 4.42 Å². The second-order valence-electron chi connectivity index (χ2n) is 17.3. The van der Waals surface area contributed by atoms with Gasteiger partial charge in [0.05, 0.1) is 5.52 Å². The molecule has 3 nitrogen and oxygen atoms in total. The van der Waals surface area contributed by atoms with Gasteiger partial charge in [0, 0.05) is 49.7 Å². The van der Waals surface area contributed by atoms with Crippen LogP contribution in [0, 0.1) is 0 Å². The van der Waals surface area contributed by atoms with Crippen molar-refractivity contribution >= 4 is 73.3 Å². The highest BCUT2D eigenvalue weighted by Gasteiger charge is 2.32. The number of hydrogen-bond donors (Lipinski definition) is 1. The number of hydrogen-bond acceptors (Lipinski definition) is 2. The molecule has 0 saturated heterocycles. The lowest BCUT2D eigenvalue weighted by atomic mass is 9.58. The predicted octanol–water partition coefficient (Wildman–Crippen LogP) is 12.1. The Morgan fingerprint density at radius 2 is 1.45 bits per heavy atom. The summed E-state index contributed by atoms with van der Waals surface area (Å²) < 4.78 is 9.06. The van der Waals surface area contributed by atoms with Crippen LogP contribution in [0.4, 0.5) is 11.4 Å². The van der Waals surface area contributed by atoms with Crippen molar-refractivity contribution in [2.45, 2.75) is 85.0 Å². The van der Waals surface area contributed by atoms with E-state index in [0.29, 0.717) is 0 Å². The molecule has 0 fully saturated rings. The molecule has 0 radical (unpaired) electrons. The Kier molecular flexibility index (Phi) is 7.89. The van der Waals surface area contributed by atoms with Crippen molar-refractivity contribution in [3.8, 4) is 16.8 Å². The first-order valence-electron chi connectivity index (χ1n) is 19.5. The molecule has 1 aliphatic rings. The van der Waals surface area contributed by atoms with Crippen molar-refractivity contribution in [1.82, 2.24) is 4.57 Å². The number of nitrogens with zero attached hydrogens (tertiary/aromatic N) is 1. The van der Waals surface area contributed by atoms with Crippen LogP contribution in [0.2, 0.25) is 0 Å². The molecule has 0 atom stereocenters. The molecule has 264 valence electrons. The van der Waals surface area contributed by atoms with Crippen LogP contribution in [0.25, 0.3) is 60.6 Å². The first kappa shape index (κ1) is 33.6. The summed E-state index contributed by atoms with van der Waals surface area (Å²) in [5.74, 6) is 0. The number of furan rings is 1. The van der Waals surface area contributed by atoms with Gasteiger partial charge in [-0.05, 0) is 99.9 Å². The maximum Gasteiger partial charge on any atom is 0.198 e. The Labute approximate surface area is 314 Å². The SMILES string of the molecule is CCCCCc1ccc(Nc2ccccc2-c2cc(C(C)(C)C)c3c4cc(C(C)(C)C)ccc4n4c3c2Bc2cc3oc5ccccc5c3cc2-4)cc1. The van der Waals surface area contributed by atoms with E-state index in [-0.39, 0.29) is 10.8 Å². The van der Waals surface area contributed by atoms with Gasteiger partial charge in [0.15, 0.2) is 7.28 Å². The third-order valence-electron chi connectivity index (χ3n) is 11.5. The van der Waals surface area contributed by atoms with Gasteiger partial charge in [0.2, 0.25) is 0 Å². The lowest BCUT2D eigenvalue weighted by Gasteiger charge is -2.28. The van der Waals surface area contributed by atoms with Crippen molar-refractivity contribution in [2.75, 3.05) is 5.32 Å². The Morgan fingerprint density at radius 1 is 0.679 bits per heavy atom. The number of nitrogens with one attached hydrogen (secondary N) is 1. The summed E-state index contributed by atoms with van der Waals surface area (Å²) in [6.45, 7) is 16.3. The third-order valence-corrected chi connectivity index (χ3v) is 11.5. The number of fused-ring (bicyclic) bond motifs is 8. The highest BCUT2D eigenvalue weighted by molar-refractivity contribution is 6.73. The minimum Gasteiger partial charge on any atom is -0.456 e. The Hall–Kier alpha value is -5.22. The molecular weight excluding hydrogens is 643 g/mol. The molecule has 1 N–H and O–H groups in total. The summed E-state index contributed by atoms with van der Waals surface area (Å²) >= 11 is 0. The number of unbranched alkanes of at least 4 members (excludes halogenated alkanes) is 2. The minimum atomic E-state index is -0.0922. The van der Waals surface area contributed by atoms with Gasteiger partial charge in [-0.1, -0.05) is 127 Å². The number of benzene rings is 6. The van der Waals surface area contributed by atoms with Crippen LogP contribution in [-0.2, 0) is 17.3 Å². The first-order valence-corrected chi connectivity index (χ1v) is 19.5. The lowest BCUT2D eigenvalue weighted by Crippen LogP contribution is -2.37. The average Bonchev–Trinajstić information content (AvgIpc) is 3.67. The fraction of sp³-hybridized carbons (Fsp3) is 0.265. The van der Waals surface area contributed by atoms with Gasteiger partial charge >= 0.3 is 0 Å². The number of anilines is 2. The lowest BCUT2D eigenvalue weighted by molar-refractivity contribution is 0.591. The van der Waals surface area contributed by atoms with Gasteiger partial charge in [0.1, 0.15) is 11.2 Å². The summed E-state index contributed by atoms with van der Waals surface area (Å²) in [7, 11) is 0.821. The topological polar surface area (TPSA) is 30.1 Å². The molecule has 0 spiro atoms. The van der Waals surface area contributed by atoms with Gasteiger partial charge in [-0.15, -0.1) is 0 Å². The fourth-order valence-corrected chi connectivity index (χ4v) is 8.67. The first-order chi connectivity index (χ1) is 25.5. The Balaban J connectivity index is 1.31. The highest BCUT2D eigenvalue weighted by Crippen LogP contribution is 2.44. The van der Waals surface area contributed by atoms with Gasteiger partial charge in [-0.2, -0.15) is 0 Å². The summed E-state index contributed by atoms with van der Waals surface area (Å²) in [6.07, 6.45) is 4.90. The van der Waals surface area contributed by atoms with E-state index in [9.17, 15) is 0 Å². The Morgan fingerprint density at radius 3 is 2.23 bits per heavy atom. The maximum atomic E-state index is 6.48. The van der Waals surface area contributed by atoms with Crippen LogP contribution in [0.3, 0.4) is 0 Å². The Bertz CT molecular complexity index is 2700. The standard InChI is InChI=1S/C49H49BN2O/c1-8-9-10-15-30-20-23-32(24-21-30)51-40-18-13-11-16-33(40)36-27-38(49(5,6)7)45-37-26-31(48(2,3)4)22-25-41(37)52-42-28-35-34-17-12-14-19-43(34)53-44(35)29-39(42)50-46(36)47(45)52/h11-14,16-29,50-51H,8-10,15H2,1-7H3. The molecular formula is C49H49BN2O. The monoisotopic (exact) mass is 692 g/mol. The van der Waals surface area contributed by atoms with Gasteiger partial charge in [0.25, 0.3) is 0 Å². The van der Waals surface area contributed by atoms with Crippen molar-refractivity contribution in [1.29, 1.82) is 0 Å². The van der Waals surface area contributed by atoms with E-state index >= 15 is 0 Å². The summed E-state index contributed by atoms with van der Waals surface area (Å²) in [5.41, 5.74) is 17.2. The number of aryl methyl sites for hydroxylation is 1. The third kappa shape index (κ3) is 5.66. The van der Waals surface area contributed by atoms with E-state index in [1.165, 1.54) is 90.9 Å². The molecule has 9 rings (SSSR count). The molecule has 1 aliphatic heterocycles. The van der Waals surface area contributed by atoms with Crippen molar-refractivity contribution in [3.05, 3.63) is 126 Å². The largest absolute Gasteiger partial charge is 0.456 e. The van der Waals surface area contributed by atoms with Crippen LogP contribution in [0.15, 0.2) is 114 Å². The van der Waals surface area contributed by atoms with Crippen LogP contribution >= 0.6 is 0 Å². The molecule has 0 amide bonds. The van der Waals surface area contributed by atoms with E-state index in [1.807, 2.05) is 0 Å². The van der Waals surface area contributed by atoms with Crippen molar-refractivity contribution < 1.29 is 4.42 Å². The summed E-state index contributed by atoms with van der Waals surface area (Å²) in [6, 6.07) is 40.8. The number of aromatic nitrogens is 1. The molecule has 2 aromatic heterocycles. The highest BCUT2D eigenvalue weighted by atomic mass is 16.3. The molecule has 0 saturated carbocycles. The van der Waals surface area contributed by atoms with E-state index in [1.54, 1.807) is 0 Å². The molecule has 53 heavy (non-hydrogen) atoms. The molecule has 3 heterocycles. The zero-order chi connectivity index (χ0) is 36.6. The predicted molar refractivity (Wildman–Crippen MR) is 230 cm³/mol. The average molecular weight is 693 g/mol. The molecule has 0 aliphatic carbocycles. The zero-order valence-electron chi connectivity index (χ0n) is 32.3. The van der Waals surface area contributed by atoms with E-state index in [0.717, 1.165) is 41.6 Å².